The van der Waals surface area contributed by atoms with Crippen molar-refractivity contribution in [3.8, 4) is 0 Å². The van der Waals surface area contributed by atoms with Gasteiger partial charge in [0.1, 0.15) is 0 Å². The highest BCUT2D eigenvalue weighted by Crippen LogP contribution is 2.39. The Balaban J connectivity index is 0.000000671. The van der Waals surface area contributed by atoms with E-state index in [2.05, 4.69) is 32.9 Å². The van der Waals surface area contributed by atoms with E-state index >= 15 is 0 Å². The predicted molar refractivity (Wildman–Crippen MR) is 61.9 cm³/mol. The maximum atomic E-state index is 2.39. The molecule has 1 rings (SSSR count). The molecule has 1 aliphatic carbocycles. The second kappa shape index (κ2) is 6.23. The summed E-state index contributed by atoms with van der Waals surface area (Å²) in [5, 5.41) is 0. The van der Waals surface area contributed by atoms with Crippen LogP contribution in [0.3, 0.4) is 0 Å². The molecule has 0 radical (unpaired) electrons. The second-order valence-electron chi connectivity index (χ2n) is 4.36. The summed E-state index contributed by atoms with van der Waals surface area (Å²) >= 11 is 0. The molecule has 2 unspecified atom stereocenters. The highest BCUT2D eigenvalue weighted by Gasteiger charge is 2.27. The van der Waals surface area contributed by atoms with Crippen molar-refractivity contribution in [3.05, 3.63) is 12.2 Å². The molecule has 0 aromatic heterocycles. The van der Waals surface area contributed by atoms with Crippen molar-refractivity contribution in [2.24, 2.45) is 11.3 Å². The third-order valence-electron chi connectivity index (χ3n) is 2.83. The van der Waals surface area contributed by atoms with Crippen molar-refractivity contribution in [3.63, 3.8) is 0 Å². The third-order valence-corrected chi connectivity index (χ3v) is 2.83. The minimum Gasteiger partial charge on any atom is -0.0911 e. The molecule has 2 atom stereocenters. The SMILES string of the molecule is C/C=C/C1(C)CCCC(C)C1.CC. The van der Waals surface area contributed by atoms with Crippen LogP contribution in [0.25, 0.3) is 0 Å². The maximum Gasteiger partial charge on any atom is -0.0144 e. The lowest BCUT2D eigenvalue weighted by Crippen LogP contribution is -2.22. The number of rotatable bonds is 1. The van der Waals surface area contributed by atoms with Crippen LogP contribution in [0.2, 0.25) is 0 Å². The van der Waals surface area contributed by atoms with Gasteiger partial charge in [0.2, 0.25) is 0 Å². The van der Waals surface area contributed by atoms with E-state index in [0.717, 1.165) is 5.92 Å². The van der Waals surface area contributed by atoms with Gasteiger partial charge in [-0.25, -0.2) is 0 Å². The highest BCUT2D eigenvalue weighted by molar-refractivity contribution is 4.98. The van der Waals surface area contributed by atoms with Crippen LogP contribution >= 0.6 is 0 Å². The summed E-state index contributed by atoms with van der Waals surface area (Å²) in [6, 6.07) is 0. The first-order valence-electron chi connectivity index (χ1n) is 5.80. The molecule has 0 aromatic rings. The molecule has 0 amide bonds. The first-order chi connectivity index (χ1) is 6.16. The maximum absolute atomic E-state index is 2.39. The standard InChI is InChI=1S/C11H20.C2H6/c1-4-7-11(3)8-5-6-10(2)9-11;1-2/h4,7,10H,5-6,8-9H2,1-3H3;1-2H3/b7-4+;. The average Bonchev–Trinajstić information content (AvgIpc) is 2.07. The molecule has 1 aliphatic rings. The molecule has 0 bridgehead atoms. The lowest BCUT2D eigenvalue weighted by molar-refractivity contribution is 0.224. The van der Waals surface area contributed by atoms with Crippen LogP contribution < -0.4 is 0 Å². The van der Waals surface area contributed by atoms with E-state index in [9.17, 15) is 0 Å². The van der Waals surface area contributed by atoms with Crippen molar-refractivity contribution in [1.29, 1.82) is 0 Å². The van der Waals surface area contributed by atoms with Crippen LogP contribution in [-0.2, 0) is 0 Å². The summed E-state index contributed by atoms with van der Waals surface area (Å²) in [7, 11) is 0. The molecular weight excluding hydrogens is 156 g/mol. The van der Waals surface area contributed by atoms with E-state index in [-0.39, 0.29) is 0 Å². The number of allylic oxidation sites excluding steroid dienone is 2. The Labute approximate surface area is 84.4 Å². The smallest absolute Gasteiger partial charge is 0.0144 e. The number of hydrogen-bond acceptors (Lipinski definition) is 0. The van der Waals surface area contributed by atoms with Gasteiger partial charge in [0.25, 0.3) is 0 Å². The molecule has 0 N–H and O–H groups in total. The largest absolute Gasteiger partial charge is 0.0911 e. The first-order valence-corrected chi connectivity index (χ1v) is 5.80. The molecule has 1 saturated carbocycles. The average molecular weight is 182 g/mol. The van der Waals surface area contributed by atoms with Crippen molar-refractivity contribution < 1.29 is 0 Å². The minimum atomic E-state index is 0.520. The number of hydrogen-bond donors (Lipinski definition) is 0. The van der Waals surface area contributed by atoms with Crippen LogP contribution in [-0.4, -0.2) is 0 Å². The van der Waals surface area contributed by atoms with E-state index < -0.39 is 0 Å². The molecule has 0 aliphatic heterocycles. The Hall–Kier alpha value is -0.260. The van der Waals surface area contributed by atoms with Crippen LogP contribution in [0.15, 0.2) is 12.2 Å². The quantitative estimate of drug-likeness (QED) is 0.511. The van der Waals surface area contributed by atoms with E-state index in [1.54, 1.807) is 0 Å². The monoisotopic (exact) mass is 182 g/mol. The van der Waals surface area contributed by atoms with Crippen molar-refractivity contribution in [1.82, 2.24) is 0 Å². The molecule has 0 nitrogen and oxygen atoms in total. The zero-order chi connectivity index (χ0) is 10.3. The van der Waals surface area contributed by atoms with Gasteiger partial charge in [0.05, 0.1) is 0 Å². The Kier molecular flexibility index (Phi) is 6.11. The molecule has 0 aromatic carbocycles. The van der Waals surface area contributed by atoms with Gasteiger partial charge in [0, 0.05) is 0 Å². The molecule has 0 spiro atoms. The summed E-state index contributed by atoms with van der Waals surface area (Å²) in [5.41, 5.74) is 0.520. The summed E-state index contributed by atoms with van der Waals surface area (Å²) in [5.74, 6) is 0.935. The van der Waals surface area contributed by atoms with Gasteiger partial charge in [-0.1, -0.05) is 52.7 Å². The Morgan fingerprint density at radius 1 is 1.31 bits per heavy atom. The lowest BCUT2D eigenvalue weighted by atomic mass is 9.71. The zero-order valence-corrected chi connectivity index (χ0v) is 10.1. The summed E-state index contributed by atoms with van der Waals surface area (Å²) in [4.78, 5) is 0. The highest BCUT2D eigenvalue weighted by atomic mass is 14.3. The Bertz CT molecular complexity index is 146. The Morgan fingerprint density at radius 2 is 1.92 bits per heavy atom. The fourth-order valence-electron chi connectivity index (χ4n) is 2.41. The van der Waals surface area contributed by atoms with Crippen LogP contribution in [0, 0.1) is 11.3 Å². The predicted octanol–water partition coefficient (Wildman–Crippen LogP) is 4.81. The molecule has 78 valence electrons. The fourth-order valence-corrected chi connectivity index (χ4v) is 2.41. The van der Waals surface area contributed by atoms with Crippen LogP contribution in [0.5, 0.6) is 0 Å². The van der Waals surface area contributed by atoms with Gasteiger partial charge in [-0.3, -0.25) is 0 Å². The molecule has 0 heterocycles. The molecule has 1 fully saturated rings. The molecular formula is C13H26. The summed E-state index contributed by atoms with van der Waals surface area (Å²) < 4.78 is 0. The van der Waals surface area contributed by atoms with Gasteiger partial charge in [0.15, 0.2) is 0 Å². The minimum absolute atomic E-state index is 0.520. The van der Waals surface area contributed by atoms with Crippen molar-refractivity contribution in [2.45, 2.75) is 60.3 Å². The first kappa shape index (κ1) is 12.7. The fraction of sp³-hybridized carbons (Fsp3) is 0.846. The van der Waals surface area contributed by atoms with Crippen molar-refractivity contribution in [2.75, 3.05) is 0 Å². The third kappa shape index (κ3) is 4.50. The van der Waals surface area contributed by atoms with Gasteiger partial charge < -0.3 is 0 Å². The van der Waals surface area contributed by atoms with Gasteiger partial charge in [-0.15, -0.1) is 0 Å². The normalized spacial score (nSPS) is 34.1. The zero-order valence-electron chi connectivity index (χ0n) is 10.1. The molecule has 0 saturated heterocycles. The van der Waals surface area contributed by atoms with Crippen LogP contribution in [0.4, 0.5) is 0 Å². The van der Waals surface area contributed by atoms with E-state index in [4.69, 9.17) is 0 Å². The van der Waals surface area contributed by atoms with E-state index in [1.165, 1.54) is 25.7 Å². The molecule has 0 heteroatoms. The van der Waals surface area contributed by atoms with Crippen LogP contribution in [0.1, 0.15) is 60.3 Å². The lowest BCUT2D eigenvalue weighted by Gasteiger charge is -2.34. The summed E-state index contributed by atoms with van der Waals surface area (Å²) in [6.07, 6.45) is 10.2. The summed E-state index contributed by atoms with van der Waals surface area (Å²) in [6.45, 7) is 10.9. The topological polar surface area (TPSA) is 0 Å². The van der Waals surface area contributed by atoms with Crippen molar-refractivity contribution >= 4 is 0 Å². The van der Waals surface area contributed by atoms with Gasteiger partial charge >= 0.3 is 0 Å². The Morgan fingerprint density at radius 3 is 2.38 bits per heavy atom. The second-order valence-corrected chi connectivity index (χ2v) is 4.36. The molecule has 13 heavy (non-hydrogen) atoms. The van der Waals surface area contributed by atoms with E-state index in [0.29, 0.717) is 5.41 Å². The van der Waals surface area contributed by atoms with Gasteiger partial charge in [-0.2, -0.15) is 0 Å². The van der Waals surface area contributed by atoms with E-state index in [1.807, 2.05) is 13.8 Å². The van der Waals surface area contributed by atoms with Gasteiger partial charge in [-0.05, 0) is 31.1 Å².